The third-order valence-corrected chi connectivity index (χ3v) is 2.99. The van der Waals surface area contributed by atoms with Crippen molar-refractivity contribution in [3.05, 3.63) is 33.4 Å². The maximum absolute atomic E-state index is 11.5. The molecule has 1 aliphatic carbocycles. The van der Waals surface area contributed by atoms with Crippen LogP contribution >= 0.6 is 0 Å². The standard InChI is InChI=1S/C12H13NO4/c1-17-12-7-9-5-10(14)4-2-3-8(9)6-11(12)13(15)16/h6-7H,2-5H2,1H3. The monoisotopic (exact) mass is 235 g/mol. The summed E-state index contributed by atoms with van der Waals surface area (Å²) in [5, 5.41) is 10.9. The van der Waals surface area contributed by atoms with Crippen molar-refractivity contribution in [2.45, 2.75) is 25.7 Å². The van der Waals surface area contributed by atoms with Gasteiger partial charge in [-0.25, -0.2) is 0 Å². The molecule has 0 atom stereocenters. The van der Waals surface area contributed by atoms with E-state index in [9.17, 15) is 14.9 Å². The molecule has 0 fully saturated rings. The number of ketones is 1. The second-order valence-corrected chi connectivity index (χ2v) is 4.12. The van der Waals surface area contributed by atoms with E-state index in [0.29, 0.717) is 19.3 Å². The van der Waals surface area contributed by atoms with Gasteiger partial charge in [-0.05, 0) is 30.0 Å². The van der Waals surface area contributed by atoms with Gasteiger partial charge in [0.25, 0.3) is 0 Å². The van der Waals surface area contributed by atoms with Crippen LogP contribution in [0.15, 0.2) is 12.1 Å². The highest BCUT2D eigenvalue weighted by molar-refractivity contribution is 5.82. The molecule has 0 saturated heterocycles. The molecule has 90 valence electrons. The van der Waals surface area contributed by atoms with Crippen LogP contribution in [0.5, 0.6) is 5.75 Å². The van der Waals surface area contributed by atoms with Crippen LogP contribution in [0.4, 0.5) is 5.69 Å². The van der Waals surface area contributed by atoms with Crippen LogP contribution in [0.1, 0.15) is 24.0 Å². The number of nitro groups is 1. The molecule has 0 aliphatic heterocycles. The van der Waals surface area contributed by atoms with Crippen LogP contribution in [0, 0.1) is 10.1 Å². The molecule has 17 heavy (non-hydrogen) atoms. The summed E-state index contributed by atoms with van der Waals surface area (Å²) in [6, 6.07) is 3.16. The number of rotatable bonds is 2. The van der Waals surface area contributed by atoms with E-state index in [-0.39, 0.29) is 17.2 Å². The molecular formula is C12H13NO4. The van der Waals surface area contributed by atoms with Gasteiger partial charge < -0.3 is 4.74 Å². The van der Waals surface area contributed by atoms with Gasteiger partial charge in [0, 0.05) is 18.9 Å². The molecule has 1 aliphatic rings. The zero-order valence-corrected chi connectivity index (χ0v) is 9.56. The van der Waals surface area contributed by atoms with E-state index in [2.05, 4.69) is 0 Å². The average Bonchev–Trinajstić information content (AvgIpc) is 2.47. The number of hydrogen-bond acceptors (Lipinski definition) is 4. The number of nitrogens with zero attached hydrogens (tertiary/aromatic N) is 1. The summed E-state index contributed by atoms with van der Waals surface area (Å²) >= 11 is 0. The number of aryl methyl sites for hydroxylation is 1. The van der Waals surface area contributed by atoms with Crippen LogP contribution < -0.4 is 4.74 Å². The molecule has 0 saturated carbocycles. The summed E-state index contributed by atoms with van der Waals surface area (Å²) in [7, 11) is 1.40. The molecule has 0 radical (unpaired) electrons. The Morgan fingerprint density at radius 2 is 2.06 bits per heavy atom. The molecular weight excluding hydrogens is 222 g/mol. The minimum absolute atomic E-state index is 0.0272. The first-order valence-corrected chi connectivity index (χ1v) is 5.47. The van der Waals surface area contributed by atoms with Crippen LogP contribution in [-0.2, 0) is 17.6 Å². The first-order valence-electron chi connectivity index (χ1n) is 5.47. The minimum atomic E-state index is -0.453. The van der Waals surface area contributed by atoms with Crippen molar-refractivity contribution in [3.8, 4) is 5.75 Å². The number of nitro benzene ring substituents is 1. The fourth-order valence-corrected chi connectivity index (χ4v) is 2.13. The second-order valence-electron chi connectivity index (χ2n) is 4.12. The van der Waals surface area contributed by atoms with Gasteiger partial charge in [0.1, 0.15) is 5.78 Å². The first-order chi connectivity index (χ1) is 8.11. The third kappa shape index (κ3) is 2.27. The number of fused-ring (bicyclic) bond motifs is 1. The number of benzene rings is 1. The van der Waals surface area contributed by atoms with Crippen molar-refractivity contribution in [2.24, 2.45) is 0 Å². The minimum Gasteiger partial charge on any atom is -0.490 e. The van der Waals surface area contributed by atoms with Crippen molar-refractivity contribution in [3.63, 3.8) is 0 Å². The molecule has 5 nitrogen and oxygen atoms in total. The van der Waals surface area contributed by atoms with Crippen LogP contribution in [-0.4, -0.2) is 17.8 Å². The first kappa shape index (κ1) is 11.6. The lowest BCUT2D eigenvalue weighted by Crippen LogP contribution is -2.02. The maximum Gasteiger partial charge on any atom is 0.311 e. The van der Waals surface area contributed by atoms with Crippen molar-refractivity contribution in [2.75, 3.05) is 7.11 Å². The van der Waals surface area contributed by atoms with E-state index in [4.69, 9.17) is 4.74 Å². The fraction of sp³-hybridized carbons (Fsp3) is 0.417. The smallest absolute Gasteiger partial charge is 0.311 e. The van der Waals surface area contributed by atoms with Crippen molar-refractivity contribution < 1.29 is 14.5 Å². The Labute approximate surface area is 98.5 Å². The predicted octanol–water partition coefficient (Wildman–Crippen LogP) is 2.05. The Morgan fingerprint density at radius 3 is 2.71 bits per heavy atom. The molecule has 1 aromatic rings. The molecule has 0 aromatic heterocycles. The summed E-state index contributed by atoms with van der Waals surface area (Å²) < 4.78 is 5.00. The Hall–Kier alpha value is -1.91. The number of methoxy groups -OCH3 is 1. The van der Waals surface area contributed by atoms with Gasteiger partial charge in [0.05, 0.1) is 12.0 Å². The highest BCUT2D eigenvalue weighted by atomic mass is 16.6. The SMILES string of the molecule is COc1cc2c(cc1[N+](=O)[O-])CCCC(=O)C2. The molecule has 5 heteroatoms. The zero-order valence-electron chi connectivity index (χ0n) is 9.56. The van der Waals surface area contributed by atoms with Gasteiger partial charge >= 0.3 is 5.69 Å². The van der Waals surface area contributed by atoms with E-state index in [1.807, 2.05) is 0 Å². The van der Waals surface area contributed by atoms with E-state index in [1.54, 1.807) is 6.07 Å². The molecule has 0 N–H and O–H groups in total. The van der Waals surface area contributed by atoms with Gasteiger partial charge in [-0.2, -0.15) is 0 Å². The quantitative estimate of drug-likeness (QED) is 0.447. The Balaban J connectivity index is 2.51. The van der Waals surface area contributed by atoms with Crippen molar-refractivity contribution in [1.29, 1.82) is 0 Å². The van der Waals surface area contributed by atoms with Gasteiger partial charge in [-0.15, -0.1) is 0 Å². The maximum atomic E-state index is 11.5. The van der Waals surface area contributed by atoms with Crippen molar-refractivity contribution >= 4 is 11.5 Å². The predicted molar refractivity (Wildman–Crippen MR) is 61.3 cm³/mol. The molecule has 0 unspecified atom stereocenters. The number of ether oxygens (including phenoxy) is 1. The summed E-state index contributed by atoms with van der Waals surface area (Å²) in [6.45, 7) is 0. The van der Waals surface area contributed by atoms with Crippen molar-refractivity contribution in [1.82, 2.24) is 0 Å². The summed E-state index contributed by atoms with van der Waals surface area (Å²) in [5.41, 5.74) is 1.72. The van der Waals surface area contributed by atoms with Crippen LogP contribution in [0.2, 0.25) is 0 Å². The number of hydrogen-bond donors (Lipinski definition) is 0. The lowest BCUT2D eigenvalue weighted by molar-refractivity contribution is -0.385. The van der Waals surface area contributed by atoms with Crippen LogP contribution in [0.3, 0.4) is 0 Å². The van der Waals surface area contributed by atoms with Gasteiger partial charge in [-0.1, -0.05) is 0 Å². The zero-order chi connectivity index (χ0) is 12.4. The van der Waals surface area contributed by atoms with E-state index >= 15 is 0 Å². The molecule has 0 spiro atoms. The van der Waals surface area contributed by atoms with Crippen LogP contribution in [0.25, 0.3) is 0 Å². The Morgan fingerprint density at radius 1 is 1.29 bits per heavy atom. The fourth-order valence-electron chi connectivity index (χ4n) is 2.13. The Bertz CT molecular complexity index is 482. The second kappa shape index (κ2) is 4.53. The summed E-state index contributed by atoms with van der Waals surface area (Å²) in [6.07, 6.45) is 2.37. The van der Waals surface area contributed by atoms with E-state index in [1.165, 1.54) is 13.2 Å². The van der Waals surface area contributed by atoms with Gasteiger partial charge in [-0.3, -0.25) is 14.9 Å². The molecule has 0 amide bonds. The summed E-state index contributed by atoms with van der Waals surface area (Å²) in [5.74, 6) is 0.406. The molecule has 0 bridgehead atoms. The number of carbonyl (C=O) groups is 1. The number of Topliss-reactive ketones (excluding diaryl/α,β-unsaturated/α-hetero) is 1. The average molecular weight is 235 g/mol. The third-order valence-electron chi connectivity index (χ3n) is 2.99. The van der Waals surface area contributed by atoms with Gasteiger partial charge in [0.2, 0.25) is 0 Å². The molecule has 0 heterocycles. The normalized spacial score (nSPS) is 15.0. The largest absolute Gasteiger partial charge is 0.490 e. The van der Waals surface area contributed by atoms with E-state index < -0.39 is 4.92 Å². The molecule has 2 rings (SSSR count). The van der Waals surface area contributed by atoms with Gasteiger partial charge in [0.15, 0.2) is 5.75 Å². The Kier molecular flexibility index (Phi) is 3.08. The highest BCUT2D eigenvalue weighted by Gasteiger charge is 2.21. The summed E-state index contributed by atoms with van der Waals surface area (Å²) in [4.78, 5) is 21.9. The highest BCUT2D eigenvalue weighted by Crippen LogP contribution is 2.32. The lowest BCUT2D eigenvalue weighted by Gasteiger charge is -2.08. The van der Waals surface area contributed by atoms with E-state index in [0.717, 1.165) is 17.5 Å². The molecule has 1 aromatic carbocycles. The lowest BCUT2D eigenvalue weighted by atomic mass is 10.0. The topological polar surface area (TPSA) is 69.4 Å². The number of carbonyl (C=O) groups excluding carboxylic acids is 1.